The zero-order chi connectivity index (χ0) is 15.1. The van der Waals surface area contributed by atoms with E-state index in [0.29, 0.717) is 5.92 Å². The highest BCUT2D eigenvalue weighted by Gasteiger charge is 2.08. The first-order valence-corrected chi connectivity index (χ1v) is 7.36. The van der Waals surface area contributed by atoms with Gasteiger partial charge < -0.3 is 5.32 Å². The van der Waals surface area contributed by atoms with Gasteiger partial charge >= 0.3 is 0 Å². The Morgan fingerprint density at radius 1 is 1.40 bits per heavy atom. The van der Waals surface area contributed by atoms with Gasteiger partial charge in [0.1, 0.15) is 0 Å². The molecule has 0 saturated heterocycles. The maximum absolute atomic E-state index is 3.83. The molecule has 0 amide bonds. The lowest BCUT2D eigenvalue weighted by atomic mass is 9.90. The van der Waals surface area contributed by atoms with Crippen LogP contribution in [0.1, 0.15) is 49.8 Å². The summed E-state index contributed by atoms with van der Waals surface area (Å²) in [6.45, 7) is 12.6. The van der Waals surface area contributed by atoms with Crippen LogP contribution in [0, 0.1) is 6.92 Å². The Kier molecular flexibility index (Phi) is 6.30. The van der Waals surface area contributed by atoms with Crippen LogP contribution in [0.2, 0.25) is 0 Å². The van der Waals surface area contributed by atoms with Gasteiger partial charge in [-0.25, -0.2) is 0 Å². The van der Waals surface area contributed by atoms with Crippen LogP contribution in [0.4, 0.5) is 0 Å². The highest BCUT2D eigenvalue weighted by atomic mass is 14.8. The molecule has 1 atom stereocenters. The number of rotatable bonds is 6. The van der Waals surface area contributed by atoms with Gasteiger partial charge in [0.05, 0.1) is 0 Å². The number of allylic oxidation sites excluding steroid dienone is 4. The fourth-order valence-corrected chi connectivity index (χ4v) is 2.30. The fourth-order valence-electron chi connectivity index (χ4n) is 2.30. The van der Waals surface area contributed by atoms with Gasteiger partial charge in [-0.2, -0.15) is 0 Å². The van der Waals surface area contributed by atoms with E-state index in [-0.39, 0.29) is 0 Å². The molecule has 20 heavy (non-hydrogen) atoms. The third-order valence-electron chi connectivity index (χ3n) is 3.89. The lowest BCUT2D eigenvalue weighted by Gasteiger charge is -2.15. The first kappa shape index (κ1) is 16.3. The van der Waals surface area contributed by atoms with Crippen LogP contribution in [-0.2, 0) is 0 Å². The minimum absolute atomic E-state index is 0.597. The van der Waals surface area contributed by atoms with Gasteiger partial charge in [-0.05, 0) is 60.6 Å². The van der Waals surface area contributed by atoms with Crippen LogP contribution in [0.3, 0.4) is 0 Å². The largest absolute Gasteiger partial charge is 0.388 e. The fraction of sp³-hybridized carbons (Fsp3) is 0.368. The molecule has 0 aliphatic heterocycles. The second-order valence-corrected chi connectivity index (χ2v) is 5.18. The van der Waals surface area contributed by atoms with Crippen LogP contribution >= 0.6 is 0 Å². The minimum atomic E-state index is 0.597. The van der Waals surface area contributed by atoms with Crippen LogP contribution in [0.25, 0.3) is 5.57 Å². The monoisotopic (exact) mass is 269 g/mol. The van der Waals surface area contributed by atoms with E-state index < -0.39 is 0 Å². The van der Waals surface area contributed by atoms with Crippen LogP contribution in [-0.4, -0.2) is 7.05 Å². The molecule has 0 aliphatic carbocycles. The van der Waals surface area contributed by atoms with Gasteiger partial charge in [0.2, 0.25) is 0 Å². The molecule has 108 valence electrons. The van der Waals surface area contributed by atoms with Crippen molar-refractivity contribution in [2.45, 2.75) is 40.0 Å². The Morgan fingerprint density at radius 3 is 2.60 bits per heavy atom. The number of nitrogens with one attached hydrogen (secondary N) is 1. The van der Waals surface area contributed by atoms with Crippen molar-refractivity contribution in [3.05, 3.63) is 65.4 Å². The van der Waals surface area contributed by atoms with Crippen molar-refractivity contribution in [1.82, 2.24) is 5.32 Å². The van der Waals surface area contributed by atoms with E-state index in [1.54, 1.807) is 0 Å². The molecule has 0 radical (unpaired) electrons. The van der Waals surface area contributed by atoms with Crippen molar-refractivity contribution in [1.29, 1.82) is 0 Å². The van der Waals surface area contributed by atoms with Gasteiger partial charge in [-0.3, -0.25) is 0 Å². The number of hydrogen-bond acceptors (Lipinski definition) is 1. The third-order valence-corrected chi connectivity index (χ3v) is 3.89. The molecule has 0 saturated carbocycles. The van der Waals surface area contributed by atoms with Crippen molar-refractivity contribution in [2.24, 2.45) is 0 Å². The lowest BCUT2D eigenvalue weighted by Crippen LogP contribution is -2.03. The van der Waals surface area contributed by atoms with Gasteiger partial charge in [0.15, 0.2) is 0 Å². The summed E-state index contributed by atoms with van der Waals surface area (Å²) < 4.78 is 0. The Balaban J connectivity index is 3.25. The molecule has 1 heteroatoms. The molecule has 1 aromatic rings. The summed E-state index contributed by atoms with van der Waals surface area (Å²) in [7, 11) is 1.92. The Hall–Kier alpha value is -1.76. The SMILES string of the molecule is C=C/C(=C\C(=C/C)c1ccc(C)c(C(C)CC)c1)NC. The zero-order valence-electron chi connectivity index (χ0n) is 13.5. The zero-order valence-corrected chi connectivity index (χ0v) is 13.5. The molecule has 1 unspecified atom stereocenters. The molecular formula is C19H27N. The standard InChI is InChI=1S/C19H27N/c1-7-14(4)19-13-17(11-10-15(19)5)16(8-2)12-18(9-3)20-6/h8-14,20H,3,7H2,1-2,4-6H3/b16-8+,18-12+. The summed E-state index contributed by atoms with van der Waals surface area (Å²) in [5.41, 5.74) is 6.34. The van der Waals surface area contributed by atoms with Crippen molar-refractivity contribution in [3.63, 3.8) is 0 Å². The Labute approximate surface area is 124 Å². The smallest absolute Gasteiger partial charge is 0.0337 e. The molecule has 1 rings (SSSR count). The number of hydrogen-bond donors (Lipinski definition) is 1. The molecule has 0 heterocycles. The van der Waals surface area contributed by atoms with E-state index in [9.17, 15) is 0 Å². The molecule has 0 aliphatic rings. The van der Waals surface area contributed by atoms with Crippen molar-refractivity contribution in [3.8, 4) is 0 Å². The number of benzene rings is 1. The van der Waals surface area contributed by atoms with E-state index in [1.165, 1.54) is 28.7 Å². The Morgan fingerprint density at radius 2 is 2.10 bits per heavy atom. The number of aryl methyl sites for hydroxylation is 1. The summed E-state index contributed by atoms with van der Waals surface area (Å²) in [6, 6.07) is 6.75. The second kappa shape index (κ2) is 7.74. The van der Waals surface area contributed by atoms with Crippen LogP contribution in [0.5, 0.6) is 0 Å². The average Bonchev–Trinajstić information content (AvgIpc) is 2.48. The maximum Gasteiger partial charge on any atom is 0.0337 e. The molecule has 0 aromatic heterocycles. The molecular weight excluding hydrogens is 242 g/mol. The lowest BCUT2D eigenvalue weighted by molar-refractivity contribution is 0.728. The van der Waals surface area contributed by atoms with E-state index in [1.807, 2.05) is 13.1 Å². The summed E-state index contributed by atoms with van der Waals surface area (Å²) in [5, 5.41) is 3.15. The third kappa shape index (κ3) is 3.86. The first-order chi connectivity index (χ1) is 9.57. The molecule has 0 bridgehead atoms. The summed E-state index contributed by atoms with van der Waals surface area (Å²) in [4.78, 5) is 0. The molecule has 0 fully saturated rings. The second-order valence-electron chi connectivity index (χ2n) is 5.18. The minimum Gasteiger partial charge on any atom is -0.388 e. The highest BCUT2D eigenvalue weighted by Crippen LogP contribution is 2.27. The highest BCUT2D eigenvalue weighted by molar-refractivity contribution is 5.75. The predicted octanol–water partition coefficient (Wildman–Crippen LogP) is 5.20. The van der Waals surface area contributed by atoms with E-state index in [0.717, 1.165) is 5.70 Å². The molecule has 1 nitrogen and oxygen atoms in total. The van der Waals surface area contributed by atoms with E-state index in [4.69, 9.17) is 0 Å². The average molecular weight is 269 g/mol. The van der Waals surface area contributed by atoms with E-state index in [2.05, 4.69) is 69.9 Å². The van der Waals surface area contributed by atoms with Gasteiger partial charge in [0.25, 0.3) is 0 Å². The predicted molar refractivity (Wildman–Crippen MR) is 90.9 cm³/mol. The molecule has 1 N–H and O–H groups in total. The topological polar surface area (TPSA) is 12.0 Å². The van der Waals surface area contributed by atoms with Gasteiger partial charge in [-0.15, -0.1) is 0 Å². The first-order valence-electron chi connectivity index (χ1n) is 7.36. The van der Waals surface area contributed by atoms with Crippen molar-refractivity contribution in [2.75, 3.05) is 7.05 Å². The Bertz CT molecular complexity index is 521. The van der Waals surface area contributed by atoms with Crippen LogP contribution in [0.15, 0.2) is 48.7 Å². The van der Waals surface area contributed by atoms with Crippen molar-refractivity contribution < 1.29 is 0 Å². The van der Waals surface area contributed by atoms with Gasteiger partial charge in [-0.1, -0.05) is 44.7 Å². The summed E-state index contributed by atoms with van der Waals surface area (Å²) >= 11 is 0. The number of likely N-dealkylation sites (N-methyl/N-ethyl adjacent to an activating group) is 1. The quantitative estimate of drug-likeness (QED) is 0.700. The van der Waals surface area contributed by atoms with E-state index >= 15 is 0 Å². The van der Waals surface area contributed by atoms with Crippen molar-refractivity contribution >= 4 is 5.57 Å². The van der Waals surface area contributed by atoms with Gasteiger partial charge in [0, 0.05) is 12.7 Å². The normalized spacial score (nSPS) is 14.1. The summed E-state index contributed by atoms with van der Waals surface area (Å²) in [5.74, 6) is 0.597. The summed E-state index contributed by atoms with van der Waals surface area (Å²) in [6.07, 6.45) is 7.29. The van der Waals surface area contributed by atoms with Crippen LogP contribution < -0.4 is 5.32 Å². The molecule has 1 aromatic carbocycles. The molecule has 0 spiro atoms. The maximum atomic E-state index is 3.83.